The van der Waals surface area contributed by atoms with Crippen LogP contribution in [0.25, 0.3) is 0 Å². The zero-order valence-corrected chi connectivity index (χ0v) is 40.4. The van der Waals surface area contributed by atoms with E-state index in [1.165, 1.54) is 173 Å². The molecule has 59 heavy (non-hydrogen) atoms. The van der Waals surface area contributed by atoms with Gasteiger partial charge in [-0.3, -0.25) is 14.4 Å². The van der Waals surface area contributed by atoms with E-state index in [2.05, 4.69) is 34.6 Å². The molecule has 0 aliphatic rings. The number of rotatable bonds is 47. The number of hydrogen-bond acceptors (Lipinski definition) is 6. The van der Waals surface area contributed by atoms with Crippen LogP contribution in [0.1, 0.15) is 291 Å². The van der Waals surface area contributed by atoms with E-state index in [9.17, 15) is 14.4 Å². The van der Waals surface area contributed by atoms with Gasteiger partial charge in [-0.1, -0.05) is 253 Å². The van der Waals surface area contributed by atoms with Crippen LogP contribution in [-0.2, 0) is 28.6 Å². The lowest BCUT2D eigenvalue weighted by Gasteiger charge is -2.18. The van der Waals surface area contributed by atoms with Gasteiger partial charge < -0.3 is 14.2 Å². The van der Waals surface area contributed by atoms with Crippen LogP contribution in [0, 0.1) is 11.8 Å². The Morgan fingerprint density at radius 1 is 0.322 bits per heavy atom. The second-order valence-electron chi connectivity index (χ2n) is 19.1. The zero-order valence-electron chi connectivity index (χ0n) is 40.4. The fraction of sp³-hybridized carbons (Fsp3) is 0.943. The Kier molecular flexibility index (Phi) is 44.7. The van der Waals surface area contributed by atoms with Gasteiger partial charge in [0.05, 0.1) is 0 Å². The highest BCUT2D eigenvalue weighted by molar-refractivity contribution is 5.71. The molecule has 0 spiro atoms. The van der Waals surface area contributed by atoms with Crippen molar-refractivity contribution in [2.45, 2.75) is 298 Å². The maximum absolute atomic E-state index is 12.7. The van der Waals surface area contributed by atoms with Crippen LogP contribution in [0.15, 0.2) is 0 Å². The molecule has 6 heteroatoms. The first kappa shape index (κ1) is 57.4. The van der Waals surface area contributed by atoms with Crippen molar-refractivity contribution in [3.8, 4) is 0 Å². The van der Waals surface area contributed by atoms with Gasteiger partial charge in [0, 0.05) is 19.3 Å². The summed E-state index contributed by atoms with van der Waals surface area (Å²) in [6, 6.07) is 0. The average molecular weight is 835 g/mol. The molecule has 0 bridgehead atoms. The van der Waals surface area contributed by atoms with Crippen LogP contribution < -0.4 is 0 Å². The molecule has 0 unspecified atom stereocenters. The van der Waals surface area contributed by atoms with E-state index in [-0.39, 0.29) is 31.1 Å². The molecule has 0 aliphatic heterocycles. The van der Waals surface area contributed by atoms with Crippen LogP contribution in [0.4, 0.5) is 0 Å². The highest BCUT2D eigenvalue weighted by atomic mass is 16.6. The van der Waals surface area contributed by atoms with Crippen LogP contribution in [-0.4, -0.2) is 37.2 Å². The third-order valence-corrected chi connectivity index (χ3v) is 12.0. The second-order valence-corrected chi connectivity index (χ2v) is 19.1. The van der Waals surface area contributed by atoms with E-state index in [1.807, 2.05) is 0 Å². The minimum absolute atomic E-state index is 0.0645. The Balaban J connectivity index is 4.06. The normalized spacial score (nSPS) is 12.1. The number of ether oxygens (including phenoxy) is 3. The number of carbonyl (C=O) groups excluding carboxylic acids is 3. The van der Waals surface area contributed by atoms with E-state index in [0.717, 1.165) is 76.0 Å². The maximum Gasteiger partial charge on any atom is 0.306 e. The Labute approximate surface area is 368 Å². The lowest BCUT2D eigenvalue weighted by Crippen LogP contribution is -2.30. The smallest absolute Gasteiger partial charge is 0.306 e. The minimum Gasteiger partial charge on any atom is -0.462 e. The topological polar surface area (TPSA) is 78.9 Å². The number of unbranched alkanes of at least 4 members (excludes halogenated alkanes) is 32. The summed E-state index contributed by atoms with van der Waals surface area (Å²) in [6.45, 7) is 11.3. The average Bonchev–Trinajstić information content (AvgIpc) is 3.20. The quantitative estimate of drug-likeness (QED) is 0.0345. The fourth-order valence-corrected chi connectivity index (χ4v) is 7.99. The third kappa shape index (κ3) is 47.3. The largest absolute Gasteiger partial charge is 0.462 e. The molecule has 0 aromatic rings. The standard InChI is InChI=1S/C53H102O6/c1-6-7-8-31-38-43-51(54)57-46-50(59-53(56)45-40-35-30-26-22-18-17-20-24-28-33-37-42-49(4)5)47-58-52(55)44-39-34-29-25-21-16-14-12-10-9-11-13-15-19-23-27-32-36-41-48(2)3/h48-50H,6-47H2,1-5H3/t50-/m1/s1. The molecular weight excluding hydrogens is 733 g/mol. The van der Waals surface area contributed by atoms with Gasteiger partial charge in [-0.25, -0.2) is 0 Å². The number of hydrogen-bond donors (Lipinski definition) is 0. The molecule has 0 heterocycles. The minimum atomic E-state index is -0.759. The summed E-state index contributed by atoms with van der Waals surface area (Å²) in [7, 11) is 0. The zero-order chi connectivity index (χ0) is 43.3. The number of esters is 3. The molecule has 0 aliphatic carbocycles. The van der Waals surface area contributed by atoms with Crippen LogP contribution in [0.2, 0.25) is 0 Å². The first-order valence-electron chi connectivity index (χ1n) is 26.2. The van der Waals surface area contributed by atoms with Crippen molar-refractivity contribution in [2.75, 3.05) is 13.2 Å². The molecule has 0 saturated carbocycles. The Morgan fingerprint density at radius 2 is 0.559 bits per heavy atom. The summed E-state index contributed by atoms with van der Waals surface area (Å²) in [6.07, 6.45) is 47.0. The lowest BCUT2D eigenvalue weighted by atomic mass is 10.0. The second kappa shape index (κ2) is 45.9. The van der Waals surface area contributed by atoms with Gasteiger partial charge in [0.25, 0.3) is 0 Å². The molecule has 1 atom stereocenters. The third-order valence-electron chi connectivity index (χ3n) is 12.0. The predicted octanol–water partition coefficient (Wildman–Crippen LogP) is 16.9. The van der Waals surface area contributed by atoms with E-state index < -0.39 is 6.10 Å². The highest BCUT2D eigenvalue weighted by Gasteiger charge is 2.19. The van der Waals surface area contributed by atoms with E-state index in [0.29, 0.717) is 19.3 Å². The van der Waals surface area contributed by atoms with Gasteiger partial charge >= 0.3 is 17.9 Å². The molecule has 0 rings (SSSR count). The van der Waals surface area contributed by atoms with Gasteiger partial charge in [-0.2, -0.15) is 0 Å². The van der Waals surface area contributed by atoms with Crippen molar-refractivity contribution < 1.29 is 28.6 Å². The van der Waals surface area contributed by atoms with Gasteiger partial charge in [0.2, 0.25) is 0 Å². The summed E-state index contributed by atoms with van der Waals surface area (Å²) in [5.74, 6) is 0.830. The molecular formula is C53H102O6. The van der Waals surface area contributed by atoms with Crippen molar-refractivity contribution >= 4 is 17.9 Å². The number of carbonyl (C=O) groups is 3. The van der Waals surface area contributed by atoms with Crippen molar-refractivity contribution in [3.63, 3.8) is 0 Å². The first-order chi connectivity index (χ1) is 28.7. The molecule has 0 amide bonds. The fourth-order valence-electron chi connectivity index (χ4n) is 7.99. The summed E-state index contributed by atoms with van der Waals surface area (Å²) >= 11 is 0. The molecule has 0 saturated heterocycles. The summed E-state index contributed by atoms with van der Waals surface area (Å²) in [5.41, 5.74) is 0. The molecule has 0 N–H and O–H groups in total. The maximum atomic E-state index is 12.7. The van der Waals surface area contributed by atoms with Gasteiger partial charge in [0.1, 0.15) is 13.2 Å². The van der Waals surface area contributed by atoms with E-state index in [1.54, 1.807) is 0 Å². The van der Waals surface area contributed by atoms with Crippen molar-refractivity contribution in [2.24, 2.45) is 11.8 Å². The highest BCUT2D eigenvalue weighted by Crippen LogP contribution is 2.18. The Hall–Kier alpha value is -1.59. The Bertz CT molecular complexity index is 900. The van der Waals surface area contributed by atoms with Gasteiger partial charge in [0.15, 0.2) is 6.10 Å². The van der Waals surface area contributed by atoms with Crippen molar-refractivity contribution in [1.29, 1.82) is 0 Å². The molecule has 0 fully saturated rings. The van der Waals surface area contributed by atoms with Gasteiger partial charge in [-0.05, 0) is 31.1 Å². The van der Waals surface area contributed by atoms with Crippen LogP contribution in [0.3, 0.4) is 0 Å². The molecule has 0 radical (unpaired) electrons. The SMILES string of the molecule is CCCCCCCC(=O)OC[C@H](COC(=O)CCCCCCCCCCCCCCCCCCCCC(C)C)OC(=O)CCCCCCCCCCCCCCC(C)C. The first-order valence-corrected chi connectivity index (χ1v) is 26.2. The summed E-state index contributed by atoms with van der Waals surface area (Å²) < 4.78 is 16.7. The van der Waals surface area contributed by atoms with Crippen LogP contribution >= 0.6 is 0 Å². The van der Waals surface area contributed by atoms with E-state index >= 15 is 0 Å². The lowest BCUT2D eigenvalue weighted by molar-refractivity contribution is -0.167. The monoisotopic (exact) mass is 835 g/mol. The molecule has 0 aromatic heterocycles. The van der Waals surface area contributed by atoms with E-state index in [4.69, 9.17) is 14.2 Å². The van der Waals surface area contributed by atoms with Crippen LogP contribution in [0.5, 0.6) is 0 Å². The molecule has 350 valence electrons. The molecule has 6 nitrogen and oxygen atoms in total. The molecule has 0 aromatic carbocycles. The predicted molar refractivity (Wildman–Crippen MR) is 252 cm³/mol. The summed E-state index contributed by atoms with van der Waals surface area (Å²) in [5, 5.41) is 0. The van der Waals surface area contributed by atoms with Crippen molar-refractivity contribution in [1.82, 2.24) is 0 Å². The van der Waals surface area contributed by atoms with Gasteiger partial charge in [-0.15, -0.1) is 0 Å². The summed E-state index contributed by atoms with van der Waals surface area (Å²) in [4.78, 5) is 37.7. The Morgan fingerprint density at radius 3 is 0.831 bits per heavy atom. The van der Waals surface area contributed by atoms with Crippen molar-refractivity contribution in [3.05, 3.63) is 0 Å².